The predicted molar refractivity (Wildman–Crippen MR) is 119 cm³/mol. The molecule has 0 saturated heterocycles. The summed E-state index contributed by atoms with van der Waals surface area (Å²) < 4.78 is 5.46. The van der Waals surface area contributed by atoms with Gasteiger partial charge in [0.2, 0.25) is 0 Å². The summed E-state index contributed by atoms with van der Waals surface area (Å²) in [7, 11) is 1.58. The van der Waals surface area contributed by atoms with Crippen molar-refractivity contribution < 1.29 is 9.53 Å². The molecule has 4 rings (SSSR count). The van der Waals surface area contributed by atoms with Crippen molar-refractivity contribution >= 4 is 33.7 Å². The number of nitrogens with one attached hydrogen (secondary N) is 2. The first-order valence-corrected chi connectivity index (χ1v) is 9.72. The summed E-state index contributed by atoms with van der Waals surface area (Å²) in [5.74, 6) is 0.223. The summed E-state index contributed by atoms with van der Waals surface area (Å²) in [5, 5.41) is 15.5. The van der Waals surface area contributed by atoms with Crippen molar-refractivity contribution in [1.29, 1.82) is 5.26 Å². The second-order valence-electron chi connectivity index (χ2n) is 6.94. The van der Waals surface area contributed by atoms with E-state index in [9.17, 15) is 10.1 Å². The molecule has 2 N–H and O–H groups in total. The number of para-hydroxylation sites is 1. The second kappa shape index (κ2) is 8.54. The normalized spacial score (nSPS) is 11.4. The number of hydrogen-bond acceptors (Lipinski definition) is 3. The quantitative estimate of drug-likeness (QED) is 0.370. The fourth-order valence-electron chi connectivity index (χ4n) is 3.64. The molecule has 3 aromatic carbocycles. The number of hydrogen-bond donors (Lipinski definition) is 2. The number of methoxy groups -OCH3 is 1. The Morgan fingerprint density at radius 3 is 2.67 bits per heavy atom. The first-order valence-electron chi connectivity index (χ1n) is 9.72. The molecular weight excluding hydrogens is 374 g/mol. The van der Waals surface area contributed by atoms with Crippen molar-refractivity contribution in [1.82, 2.24) is 10.3 Å². The monoisotopic (exact) mass is 395 g/mol. The SMILES string of the molecule is COc1ccc2ccccc2c1/C=C(\C#N)C(=O)NCCc1c[nH]c2ccccc12. The largest absolute Gasteiger partial charge is 0.496 e. The van der Waals surface area contributed by atoms with Gasteiger partial charge in [-0.2, -0.15) is 5.26 Å². The molecular formula is C25H21N3O2. The van der Waals surface area contributed by atoms with E-state index in [4.69, 9.17) is 4.74 Å². The van der Waals surface area contributed by atoms with Crippen LogP contribution < -0.4 is 10.1 Å². The average molecular weight is 395 g/mol. The van der Waals surface area contributed by atoms with E-state index in [0.29, 0.717) is 18.7 Å². The number of aromatic nitrogens is 1. The van der Waals surface area contributed by atoms with Crippen LogP contribution in [0.4, 0.5) is 0 Å². The third kappa shape index (κ3) is 3.76. The van der Waals surface area contributed by atoms with Crippen LogP contribution in [0.3, 0.4) is 0 Å². The Balaban J connectivity index is 1.54. The average Bonchev–Trinajstić information content (AvgIpc) is 3.20. The van der Waals surface area contributed by atoms with Crippen molar-refractivity contribution in [2.24, 2.45) is 0 Å². The number of carbonyl (C=O) groups is 1. The molecule has 0 spiro atoms. The molecule has 0 aliphatic heterocycles. The molecule has 1 aromatic heterocycles. The molecule has 5 nitrogen and oxygen atoms in total. The van der Waals surface area contributed by atoms with Gasteiger partial charge in [-0.25, -0.2) is 0 Å². The molecule has 0 fully saturated rings. The highest BCUT2D eigenvalue weighted by molar-refractivity contribution is 6.05. The van der Waals surface area contributed by atoms with Gasteiger partial charge in [0.15, 0.2) is 0 Å². The molecule has 4 aromatic rings. The van der Waals surface area contributed by atoms with Crippen molar-refractivity contribution in [2.45, 2.75) is 6.42 Å². The van der Waals surface area contributed by atoms with Crippen molar-refractivity contribution in [3.63, 3.8) is 0 Å². The maximum atomic E-state index is 12.7. The Morgan fingerprint density at radius 2 is 1.87 bits per heavy atom. The highest BCUT2D eigenvalue weighted by Gasteiger charge is 2.13. The van der Waals surface area contributed by atoms with Gasteiger partial charge in [-0.3, -0.25) is 4.79 Å². The molecule has 0 aliphatic rings. The van der Waals surface area contributed by atoms with Crippen LogP contribution in [0.25, 0.3) is 27.8 Å². The molecule has 148 valence electrons. The van der Waals surface area contributed by atoms with Crippen molar-refractivity contribution in [3.8, 4) is 11.8 Å². The Hall–Kier alpha value is -4.04. The van der Waals surface area contributed by atoms with Gasteiger partial charge in [0.1, 0.15) is 17.4 Å². The zero-order valence-corrected chi connectivity index (χ0v) is 16.6. The van der Waals surface area contributed by atoms with Gasteiger partial charge in [-0.1, -0.05) is 48.5 Å². The number of fused-ring (bicyclic) bond motifs is 2. The van der Waals surface area contributed by atoms with E-state index in [-0.39, 0.29) is 5.57 Å². The standard InChI is InChI=1S/C25H21N3O2/c1-30-24-11-10-17-6-2-3-7-20(17)22(24)14-19(15-26)25(29)27-13-12-18-16-28-23-9-5-4-8-21(18)23/h2-11,14,16,28H,12-13H2,1H3,(H,27,29)/b19-14+. The van der Waals surface area contributed by atoms with Gasteiger partial charge in [-0.05, 0) is 41.0 Å². The Bertz CT molecular complexity index is 1290. The Kier molecular flexibility index (Phi) is 5.49. The molecule has 1 amide bonds. The van der Waals surface area contributed by atoms with Gasteiger partial charge < -0.3 is 15.0 Å². The summed E-state index contributed by atoms with van der Waals surface area (Å²) >= 11 is 0. The topological polar surface area (TPSA) is 77.9 Å². The lowest BCUT2D eigenvalue weighted by Crippen LogP contribution is -2.26. The number of ether oxygens (including phenoxy) is 1. The Labute approximate surface area is 174 Å². The number of rotatable bonds is 6. The lowest BCUT2D eigenvalue weighted by Gasteiger charge is -2.10. The van der Waals surface area contributed by atoms with E-state index in [2.05, 4.69) is 16.4 Å². The number of nitriles is 1. The number of carbonyl (C=O) groups excluding carboxylic acids is 1. The highest BCUT2D eigenvalue weighted by Crippen LogP contribution is 2.30. The molecule has 1 heterocycles. The number of nitrogens with zero attached hydrogens (tertiary/aromatic N) is 1. The minimum absolute atomic E-state index is 0.0450. The summed E-state index contributed by atoms with van der Waals surface area (Å²) in [6, 6.07) is 21.7. The van der Waals surface area contributed by atoms with Gasteiger partial charge >= 0.3 is 0 Å². The second-order valence-corrected chi connectivity index (χ2v) is 6.94. The molecule has 0 radical (unpaired) electrons. The van der Waals surface area contributed by atoms with E-state index in [1.807, 2.05) is 66.9 Å². The summed E-state index contributed by atoms with van der Waals surface area (Å²) in [5.41, 5.74) is 2.96. The summed E-state index contributed by atoms with van der Waals surface area (Å²) in [4.78, 5) is 15.9. The highest BCUT2D eigenvalue weighted by atomic mass is 16.5. The first kappa shape index (κ1) is 19.3. The molecule has 5 heteroatoms. The smallest absolute Gasteiger partial charge is 0.261 e. The fourth-order valence-corrected chi connectivity index (χ4v) is 3.64. The van der Waals surface area contributed by atoms with E-state index >= 15 is 0 Å². The maximum absolute atomic E-state index is 12.7. The molecule has 0 saturated carbocycles. The minimum Gasteiger partial charge on any atom is -0.496 e. The van der Waals surface area contributed by atoms with Crippen LogP contribution in [-0.2, 0) is 11.2 Å². The Morgan fingerprint density at radius 1 is 1.10 bits per heavy atom. The van der Waals surface area contributed by atoms with Crippen molar-refractivity contribution in [3.05, 3.63) is 83.6 Å². The van der Waals surface area contributed by atoms with Gasteiger partial charge in [0, 0.05) is 29.2 Å². The predicted octanol–water partition coefficient (Wildman–Crippen LogP) is 4.60. The van der Waals surface area contributed by atoms with Crippen LogP contribution in [0.15, 0.2) is 72.4 Å². The van der Waals surface area contributed by atoms with Gasteiger partial charge in [-0.15, -0.1) is 0 Å². The summed E-state index contributed by atoms with van der Waals surface area (Å²) in [6.07, 6.45) is 4.23. The van der Waals surface area contributed by atoms with Crippen LogP contribution >= 0.6 is 0 Å². The molecule has 0 aliphatic carbocycles. The fraction of sp³-hybridized carbons (Fsp3) is 0.120. The van der Waals surface area contributed by atoms with E-state index in [0.717, 1.165) is 32.8 Å². The van der Waals surface area contributed by atoms with Gasteiger partial charge in [0.25, 0.3) is 5.91 Å². The van der Waals surface area contributed by atoms with Gasteiger partial charge in [0.05, 0.1) is 7.11 Å². The number of amides is 1. The molecule has 30 heavy (non-hydrogen) atoms. The number of aromatic amines is 1. The van der Waals surface area contributed by atoms with E-state index in [1.165, 1.54) is 0 Å². The molecule has 0 bridgehead atoms. The van der Waals surface area contributed by atoms with Crippen LogP contribution in [-0.4, -0.2) is 24.5 Å². The third-order valence-corrected chi connectivity index (χ3v) is 5.16. The number of H-pyrrole nitrogens is 1. The summed E-state index contributed by atoms with van der Waals surface area (Å²) in [6.45, 7) is 0.437. The number of benzene rings is 3. The van der Waals surface area contributed by atoms with E-state index < -0.39 is 5.91 Å². The van der Waals surface area contributed by atoms with Crippen LogP contribution in [0.5, 0.6) is 5.75 Å². The molecule has 0 atom stereocenters. The maximum Gasteiger partial charge on any atom is 0.261 e. The molecule has 0 unspecified atom stereocenters. The third-order valence-electron chi connectivity index (χ3n) is 5.16. The first-order chi connectivity index (χ1) is 14.7. The zero-order chi connectivity index (χ0) is 20.9. The van der Waals surface area contributed by atoms with Crippen molar-refractivity contribution in [2.75, 3.05) is 13.7 Å². The lowest BCUT2D eigenvalue weighted by molar-refractivity contribution is -0.117. The minimum atomic E-state index is -0.396. The van der Waals surface area contributed by atoms with E-state index in [1.54, 1.807) is 13.2 Å². The van der Waals surface area contributed by atoms with Crippen LogP contribution in [0, 0.1) is 11.3 Å². The zero-order valence-electron chi connectivity index (χ0n) is 16.6. The van der Waals surface area contributed by atoms with Crippen LogP contribution in [0.1, 0.15) is 11.1 Å². The van der Waals surface area contributed by atoms with Crippen LogP contribution in [0.2, 0.25) is 0 Å². The lowest BCUT2D eigenvalue weighted by atomic mass is 10.0.